The van der Waals surface area contributed by atoms with Crippen LogP contribution < -0.4 is 0 Å². The van der Waals surface area contributed by atoms with Crippen LogP contribution in [0.2, 0.25) is 0 Å². The summed E-state index contributed by atoms with van der Waals surface area (Å²) in [5.74, 6) is -1.79. The van der Waals surface area contributed by atoms with Gasteiger partial charge in [0.15, 0.2) is 0 Å². The minimum Gasteiger partial charge on any atom is -0.481 e. The molecule has 0 saturated heterocycles. The number of ether oxygens (including phenoxy) is 5. The molecule has 0 aromatic heterocycles. The van der Waals surface area contributed by atoms with Crippen LogP contribution in [-0.4, -0.2) is 119 Å². The first kappa shape index (κ1) is 29.0. The van der Waals surface area contributed by atoms with Crippen molar-refractivity contribution in [1.29, 1.82) is 0 Å². The van der Waals surface area contributed by atoms with E-state index in [9.17, 15) is 9.59 Å². The number of rotatable bonds is 24. The maximum atomic E-state index is 10.4. The molecule has 0 amide bonds. The number of carboxylic acids is 2. The average molecular weight is 450 g/mol. The Kier molecular flexibility index (Phi) is 21.2. The quantitative estimate of drug-likeness (QED) is 0.0919. The first-order chi connectivity index (χ1) is 15.1. The van der Waals surface area contributed by atoms with E-state index in [2.05, 4.69) is 14.9 Å². The fraction of sp³-hybridized carbons (Fsp3) is 0.889. The predicted octanol–water partition coefficient (Wildman–Crippen LogP) is 0.631. The first-order valence-electron chi connectivity index (χ1n) is 10.1. The van der Waals surface area contributed by atoms with Gasteiger partial charge in [0.1, 0.15) is 0 Å². The van der Waals surface area contributed by atoms with Crippen molar-refractivity contribution in [3.8, 4) is 0 Å². The van der Waals surface area contributed by atoms with Crippen LogP contribution in [0.3, 0.4) is 0 Å². The Hall–Kier alpha value is -1.99. The predicted molar refractivity (Wildman–Crippen MR) is 109 cm³/mol. The van der Waals surface area contributed by atoms with Crippen LogP contribution in [0.4, 0.5) is 0 Å². The Bertz CT molecular complexity index is 474. The van der Waals surface area contributed by atoms with Crippen LogP contribution in [-0.2, 0) is 33.3 Å². The van der Waals surface area contributed by atoms with Gasteiger partial charge in [-0.2, -0.15) is 0 Å². The lowest BCUT2D eigenvalue weighted by molar-refractivity contribution is -0.139. The molecule has 2 N–H and O–H groups in total. The molecule has 0 aromatic carbocycles. The number of carbonyl (C=O) groups is 2. The van der Waals surface area contributed by atoms with Gasteiger partial charge in [0.25, 0.3) is 0 Å². The smallest absolute Gasteiger partial charge is 0.305 e. The molecule has 13 nitrogen and oxygen atoms in total. The molecular formula is C18H34N4O9. The third kappa shape index (κ3) is 24.2. The van der Waals surface area contributed by atoms with E-state index in [0.29, 0.717) is 72.5 Å². The second-order valence-corrected chi connectivity index (χ2v) is 6.15. The number of hydrogen-bond acceptors (Lipinski definition) is 9. The topological polar surface area (TPSA) is 173 Å². The summed E-state index contributed by atoms with van der Waals surface area (Å²) in [4.78, 5) is 25.5. The molecule has 0 atom stereocenters. The van der Waals surface area contributed by atoms with Crippen molar-refractivity contribution < 1.29 is 43.5 Å². The molecule has 180 valence electrons. The van der Waals surface area contributed by atoms with Gasteiger partial charge in [-0.25, -0.2) is 0 Å². The highest BCUT2D eigenvalue weighted by molar-refractivity contribution is 5.66. The Balaban J connectivity index is 3.89. The van der Waals surface area contributed by atoms with Gasteiger partial charge in [0.2, 0.25) is 0 Å². The Morgan fingerprint density at radius 3 is 1.45 bits per heavy atom. The summed E-state index contributed by atoms with van der Waals surface area (Å²) in [6, 6.07) is 0. The summed E-state index contributed by atoms with van der Waals surface area (Å²) in [5, 5.41) is 20.4. The third-order valence-electron chi connectivity index (χ3n) is 3.72. The standard InChI is InChI=1S/C18H34N4O9/c19-21-20-3-9-29-10-4-22(5-11-30-15-13-27-7-1-17(23)24)6-12-31-16-14-28-8-2-18(25)26/h1-16H2,(H,23,24)(H,25,26). The van der Waals surface area contributed by atoms with Gasteiger partial charge in [0, 0.05) is 31.1 Å². The first-order valence-corrected chi connectivity index (χ1v) is 10.1. The van der Waals surface area contributed by atoms with E-state index < -0.39 is 11.9 Å². The monoisotopic (exact) mass is 450 g/mol. The van der Waals surface area contributed by atoms with E-state index in [-0.39, 0.29) is 32.6 Å². The van der Waals surface area contributed by atoms with Crippen LogP contribution in [0.1, 0.15) is 12.8 Å². The summed E-state index contributed by atoms with van der Waals surface area (Å²) in [5.41, 5.74) is 8.23. The van der Waals surface area contributed by atoms with Gasteiger partial charge in [-0.3, -0.25) is 14.5 Å². The maximum absolute atomic E-state index is 10.4. The highest BCUT2D eigenvalue weighted by Crippen LogP contribution is 1.93. The zero-order valence-electron chi connectivity index (χ0n) is 17.9. The van der Waals surface area contributed by atoms with Crippen molar-refractivity contribution in [1.82, 2.24) is 4.90 Å². The van der Waals surface area contributed by atoms with Crippen LogP contribution in [0.15, 0.2) is 5.11 Å². The van der Waals surface area contributed by atoms with E-state index in [4.69, 9.17) is 39.4 Å². The summed E-state index contributed by atoms with van der Waals surface area (Å²) < 4.78 is 26.7. The molecule has 0 aliphatic rings. The minimum absolute atomic E-state index is 0.0297. The van der Waals surface area contributed by atoms with Crippen LogP contribution >= 0.6 is 0 Å². The maximum Gasteiger partial charge on any atom is 0.305 e. The van der Waals surface area contributed by atoms with Crippen molar-refractivity contribution in [3.63, 3.8) is 0 Å². The van der Waals surface area contributed by atoms with E-state index in [1.165, 1.54) is 0 Å². The molecule has 0 aliphatic heterocycles. The molecule has 0 aliphatic carbocycles. The fourth-order valence-electron chi connectivity index (χ4n) is 2.13. The van der Waals surface area contributed by atoms with Crippen LogP contribution in [0.5, 0.6) is 0 Å². The lowest BCUT2D eigenvalue weighted by atomic mass is 10.4. The molecule has 31 heavy (non-hydrogen) atoms. The van der Waals surface area contributed by atoms with Gasteiger partial charge in [-0.05, 0) is 5.53 Å². The van der Waals surface area contributed by atoms with Crippen molar-refractivity contribution in [2.45, 2.75) is 12.8 Å². The lowest BCUT2D eigenvalue weighted by Crippen LogP contribution is -2.34. The highest BCUT2D eigenvalue weighted by atomic mass is 16.5. The number of hydrogen-bond donors (Lipinski definition) is 2. The Morgan fingerprint density at radius 1 is 0.677 bits per heavy atom. The van der Waals surface area contributed by atoms with Gasteiger partial charge in [-0.15, -0.1) is 0 Å². The summed E-state index contributed by atoms with van der Waals surface area (Å²) in [6.07, 6.45) is -0.0594. The molecule has 0 unspecified atom stereocenters. The molecule has 0 rings (SSSR count). The molecule has 0 radical (unpaired) electrons. The molecule has 0 aromatic rings. The number of carboxylic acid groups (broad SMARTS) is 2. The van der Waals surface area contributed by atoms with Gasteiger partial charge >= 0.3 is 11.9 Å². The molecule has 0 saturated carbocycles. The van der Waals surface area contributed by atoms with Crippen molar-refractivity contribution in [2.75, 3.05) is 92.2 Å². The Labute approximate surface area is 181 Å². The SMILES string of the molecule is [N-]=[N+]=NCCOCCN(CCOCCOCCC(=O)O)CCOCCOCCC(=O)O. The fourth-order valence-corrected chi connectivity index (χ4v) is 2.13. The van der Waals surface area contributed by atoms with Crippen molar-refractivity contribution in [2.24, 2.45) is 5.11 Å². The van der Waals surface area contributed by atoms with Crippen LogP contribution in [0.25, 0.3) is 10.4 Å². The normalized spacial score (nSPS) is 10.9. The molecule has 13 heteroatoms. The van der Waals surface area contributed by atoms with E-state index in [1.54, 1.807) is 0 Å². The highest BCUT2D eigenvalue weighted by Gasteiger charge is 2.06. The summed E-state index contributed by atoms with van der Waals surface area (Å²) in [6.45, 7) is 5.73. The van der Waals surface area contributed by atoms with Gasteiger partial charge in [-0.1, -0.05) is 5.11 Å². The minimum atomic E-state index is -0.896. The zero-order chi connectivity index (χ0) is 23.0. The van der Waals surface area contributed by atoms with E-state index in [1.807, 2.05) is 0 Å². The van der Waals surface area contributed by atoms with Gasteiger partial charge in [0.05, 0.1) is 78.9 Å². The van der Waals surface area contributed by atoms with Crippen molar-refractivity contribution in [3.05, 3.63) is 10.4 Å². The molecule has 0 spiro atoms. The number of azide groups is 1. The van der Waals surface area contributed by atoms with Crippen molar-refractivity contribution >= 4 is 11.9 Å². The van der Waals surface area contributed by atoms with E-state index >= 15 is 0 Å². The molecule has 0 fully saturated rings. The Morgan fingerprint density at radius 2 is 1.06 bits per heavy atom. The number of aliphatic carboxylic acids is 2. The summed E-state index contributed by atoms with van der Waals surface area (Å²) >= 11 is 0. The second kappa shape index (κ2) is 22.7. The molecule has 0 heterocycles. The average Bonchev–Trinajstić information content (AvgIpc) is 2.73. The molecular weight excluding hydrogens is 416 g/mol. The zero-order valence-corrected chi connectivity index (χ0v) is 17.9. The largest absolute Gasteiger partial charge is 0.481 e. The second-order valence-electron chi connectivity index (χ2n) is 6.15. The van der Waals surface area contributed by atoms with Crippen LogP contribution in [0, 0.1) is 0 Å². The number of nitrogens with zero attached hydrogens (tertiary/aromatic N) is 4. The summed E-state index contributed by atoms with van der Waals surface area (Å²) in [7, 11) is 0. The third-order valence-corrected chi connectivity index (χ3v) is 3.72. The van der Waals surface area contributed by atoms with E-state index in [0.717, 1.165) is 0 Å². The molecule has 0 bridgehead atoms. The van der Waals surface area contributed by atoms with Gasteiger partial charge < -0.3 is 33.9 Å². The lowest BCUT2D eigenvalue weighted by Gasteiger charge is -2.22.